The van der Waals surface area contributed by atoms with Crippen molar-refractivity contribution >= 4 is 17.4 Å². The third kappa shape index (κ3) is 5.62. The number of hydrogen-bond acceptors (Lipinski definition) is 10. The highest BCUT2D eigenvalue weighted by atomic mass is 16.5. The summed E-state index contributed by atoms with van der Waals surface area (Å²) < 4.78 is 7.04. The molecule has 0 spiro atoms. The molecule has 1 aromatic carbocycles. The lowest BCUT2D eigenvalue weighted by atomic mass is 9.87. The van der Waals surface area contributed by atoms with Crippen LogP contribution in [0, 0.1) is 0 Å². The summed E-state index contributed by atoms with van der Waals surface area (Å²) in [6, 6.07) is 6.26. The van der Waals surface area contributed by atoms with Crippen molar-refractivity contribution in [2.24, 2.45) is 7.05 Å². The van der Waals surface area contributed by atoms with Crippen LogP contribution in [0.4, 0.5) is 11.6 Å². The summed E-state index contributed by atoms with van der Waals surface area (Å²) in [7, 11) is 1.85. The molecule has 198 valence electrons. The first-order chi connectivity index (χ1) is 18.2. The molecular weight excluding hydrogens is 482 g/mol. The van der Waals surface area contributed by atoms with Gasteiger partial charge in [-0.3, -0.25) is 14.4 Å². The highest BCUT2D eigenvalue weighted by Gasteiger charge is 2.29. The Morgan fingerprint density at radius 2 is 2.05 bits per heavy atom. The molecule has 0 saturated heterocycles. The second-order valence-electron chi connectivity index (χ2n) is 10.7. The van der Waals surface area contributed by atoms with Crippen LogP contribution in [0.25, 0.3) is 11.4 Å². The summed E-state index contributed by atoms with van der Waals surface area (Å²) in [5, 5.41) is 11.4. The number of benzene rings is 1. The fourth-order valence-electron chi connectivity index (χ4n) is 4.64. The van der Waals surface area contributed by atoms with E-state index in [1.165, 1.54) is 11.9 Å². The molecule has 1 atom stereocenters. The largest absolute Gasteiger partial charge is 0.331 e. The number of rotatable bonds is 7. The maximum absolute atomic E-state index is 13.2. The summed E-state index contributed by atoms with van der Waals surface area (Å²) in [5.74, 6) is 1.58. The third-order valence-corrected chi connectivity index (χ3v) is 6.78. The summed E-state index contributed by atoms with van der Waals surface area (Å²) in [5.41, 5.74) is 3.75. The van der Waals surface area contributed by atoms with Gasteiger partial charge in [-0.25, -0.2) is 9.97 Å². The van der Waals surface area contributed by atoms with Crippen molar-refractivity contribution in [2.75, 3.05) is 18.4 Å². The smallest absolute Gasteiger partial charge is 0.294 e. The minimum atomic E-state index is -0.280. The number of nitrogens with zero attached hydrogens (tertiary/aromatic N) is 8. The van der Waals surface area contributed by atoms with Crippen molar-refractivity contribution in [1.82, 2.24) is 39.8 Å². The lowest BCUT2D eigenvalue weighted by Crippen LogP contribution is -2.22. The summed E-state index contributed by atoms with van der Waals surface area (Å²) in [6.07, 6.45) is 6.26. The molecule has 4 aromatic rings. The molecule has 0 fully saturated rings. The molecule has 1 aliphatic heterocycles. The molecular formula is C27H33N9O2. The number of ketones is 1. The lowest BCUT2D eigenvalue weighted by molar-refractivity contribution is 0.0928. The van der Waals surface area contributed by atoms with Crippen LogP contribution in [-0.4, -0.2) is 58.6 Å². The van der Waals surface area contributed by atoms with Crippen molar-refractivity contribution in [2.45, 2.75) is 58.4 Å². The van der Waals surface area contributed by atoms with Crippen molar-refractivity contribution in [3.05, 3.63) is 59.8 Å². The van der Waals surface area contributed by atoms with Gasteiger partial charge in [-0.15, -0.1) is 0 Å². The van der Waals surface area contributed by atoms with Gasteiger partial charge in [-0.05, 0) is 42.6 Å². The van der Waals surface area contributed by atoms with Crippen LogP contribution in [0.2, 0.25) is 0 Å². The second kappa shape index (κ2) is 10.4. The SMILES string of the molecule is CCN1CC[C@@H](CC(=O)c2nc(C(C)(C)C)no2)c2ccc(-c3ncnc(Nc4cnn(C)c4)n3)cc2C1. The number of fused-ring (bicyclic) bond motifs is 1. The molecule has 0 unspecified atom stereocenters. The van der Waals surface area contributed by atoms with E-state index >= 15 is 0 Å². The van der Waals surface area contributed by atoms with E-state index in [1.54, 1.807) is 10.9 Å². The average Bonchev–Trinajstić information content (AvgIpc) is 3.51. The summed E-state index contributed by atoms with van der Waals surface area (Å²) in [4.78, 5) is 33.2. The van der Waals surface area contributed by atoms with E-state index in [0.29, 0.717) is 24.0 Å². The van der Waals surface area contributed by atoms with Gasteiger partial charge in [0.15, 0.2) is 11.6 Å². The minimum Gasteiger partial charge on any atom is -0.331 e. The Morgan fingerprint density at radius 1 is 1.21 bits per heavy atom. The van der Waals surface area contributed by atoms with Crippen LogP contribution in [0.5, 0.6) is 0 Å². The number of carbonyl (C=O) groups is 1. The normalized spacial score (nSPS) is 16.2. The topological polar surface area (TPSA) is 128 Å². The van der Waals surface area contributed by atoms with Gasteiger partial charge in [-0.1, -0.05) is 45.0 Å². The van der Waals surface area contributed by atoms with Crippen molar-refractivity contribution < 1.29 is 9.32 Å². The summed E-state index contributed by atoms with van der Waals surface area (Å²) >= 11 is 0. The van der Waals surface area contributed by atoms with Crippen LogP contribution in [0.15, 0.2) is 41.4 Å². The minimum absolute atomic E-state index is 0.0502. The Hall–Kier alpha value is -3.99. The van der Waals surface area contributed by atoms with Gasteiger partial charge in [0.2, 0.25) is 11.7 Å². The molecule has 0 bridgehead atoms. The highest BCUT2D eigenvalue weighted by Crippen LogP contribution is 2.34. The molecule has 0 saturated carbocycles. The fraction of sp³-hybridized carbons (Fsp3) is 0.444. The highest BCUT2D eigenvalue weighted by molar-refractivity contribution is 5.92. The number of hydrogen-bond donors (Lipinski definition) is 1. The molecule has 11 heteroatoms. The maximum atomic E-state index is 13.2. The molecule has 0 amide bonds. The monoisotopic (exact) mass is 515 g/mol. The van der Waals surface area contributed by atoms with Crippen molar-refractivity contribution in [3.63, 3.8) is 0 Å². The Kier molecular flexibility index (Phi) is 7.02. The number of carbonyl (C=O) groups excluding carboxylic acids is 1. The predicted octanol–water partition coefficient (Wildman–Crippen LogP) is 4.28. The predicted molar refractivity (Wildman–Crippen MR) is 142 cm³/mol. The number of aromatic nitrogens is 7. The maximum Gasteiger partial charge on any atom is 0.294 e. The first-order valence-electron chi connectivity index (χ1n) is 12.9. The molecule has 0 aliphatic carbocycles. The van der Waals surface area contributed by atoms with E-state index in [9.17, 15) is 4.79 Å². The Balaban J connectivity index is 1.40. The zero-order valence-electron chi connectivity index (χ0n) is 22.5. The molecule has 4 heterocycles. The van der Waals surface area contributed by atoms with Gasteiger partial charge in [0.25, 0.3) is 5.89 Å². The molecule has 11 nitrogen and oxygen atoms in total. The van der Waals surface area contributed by atoms with Gasteiger partial charge >= 0.3 is 0 Å². The van der Waals surface area contributed by atoms with E-state index in [1.807, 2.05) is 40.1 Å². The second-order valence-corrected chi connectivity index (χ2v) is 10.7. The standard InChI is InChI=1S/C27H33N9O2/c1-6-36-10-9-17(12-22(37)24-33-25(34-38-24)27(2,3)4)21-8-7-18(11-19(21)14-36)23-28-16-29-26(32-23)31-20-13-30-35(5)15-20/h7-8,11,13,15-17H,6,9-10,12,14H2,1-5H3,(H,28,29,31,32)/t17-/m0/s1. The van der Waals surface area contributed by atoms with Gasteiger partial charge in [0.05, 0.1) is 11.9 Å². The van der Waals surface area contributed by atoms with Gasteiger partial charge < -0.3 is 9.84 Å². The first kappa shape index (κ1) is 25.7. The quantitative estimate of drug-likeness (QED) is 0.356. The van der Waals surface area contributed by atoms with E-state index in [0.717, 1.165) is 42.9 Å². The van der Waals surface area contributed by atoms with E-state index in [2.05, 4.69) is 59.5 Å². The molecule has 3 aromatic heterocycles. The Morgan fingerprint density at radius 3 is 2.76 bits per heavy atom. The Bertz CT molecular complexity index is 1440. The van der Waals surface area contributed by atoms with E-state index in [-0.39, 0.29) is 23.0 Å². The van der Waals surface area contributed by atoms with Crippen LogP contribution in [-0.2, 0) is 19.0 Å². The zero-order valence-corrected chi connectivity index (χ0v) is 22.5. The number of nitrogens with one attached hydrogen (secondary N) is 1. The number of aryl methyl sites for hydroxylation is 1. The number of Topliss-reactive ketones (excluding diaryl/α,β-unsaturated/α-hetero) is 1. The van der Waals surface area contributed by atoms with E-state index in [4.69, 9.17) is 4.52 Å². The summed E-state index contributed by atoms with van der Waals surface area (Å²) in [6.45, 7) is 10.8. The third-order valence-electron chi connectivity index (χ3n) is 6.78. The fourth-order valence-corrected chi connectivity index (χ4v) is 4.64. The molecule has 1 N–H and O–H groups in total. The van der Waals surface area contributed by atoms with Crippen molar-refractivity contribution in [1.29, 1.82) is 0 Å². The molecule has 38 heavy (non-hydrogen) atoms. The van der Waals surface area contributed by atoms with E-state index < -0.39 is 0 Å². The van der Waals surface area contributed by atoms with Gasteiger partial charge in [-0.2, -0.15) is 15.1 Å². The lowest BCUT2D eigenvalue weighted by Gasteiger charge is -2.18. The average molecular weight is 516 g/mol. The first-order valence-corrected chi connectivity index (χ1v) is 12.9. The zero-order chi connectivity index (χ0) is 26.9. The molecule has 5 rings (SSSR count). The molecule has 1 aliphatic rings. The molecule has 0 radical (unpaired) electrons. The van der Waals surface area contributed by atoms with Crippen LogP contribution in [0.3, 0.4) is 0 Å². The van der Waals surface area contributed by atoms with Gasteiger partial charge in [0, 0.05) is 37.2 Å². The van der Waals surface area contributed by atoms with Crippen LogP contribution in [0.1, 0.15) is 74.1 Å². The van der Waals surface area contributed by atoms with Crippen molar-refractivity contribution in [3.8, 4) is 11.4 Å². The Labute approximate surface area is 221 Å². The van der Waals surface area contributed by atoms with Gasteiger partial charge in [0.1, 0.15) is 6.33 Å². The van der Waals surface area contributed by atoms with Crippen LogP contribution >= 0.6 is 0 Å². The number of anilines is 2. The van der Waals surface area contributed by atoms with Crippen LogP contribution < -0.4 is 5.32 Å².